The van der Waals surface area contributed by atoms with Gasteiger partial charge in [0.2, 0.25) is 5.91 Å². The zero-order valence-corrected chi connectivity index (χ0v) is 17.8. The van der Waals surface area contributed by atoms with Crippen LogP contribution in [0.1, 0.15) is 27.2 Å². The van der Waals surface area contributed by atoms with Crippen molar-refractivity contribution in [2.24, 2.45) is 0 Å². The lowest BCUT2D eigenvalue weighted by Gasteiger charge is -2.22. The molecule has 3 aromatic carbocycles. The number of hydrogen-bond donors (Lipinski definition) is 1. The van der Waals surface area contributed by atoms with Crippen molar-refractivity contribution in [2.75, 3.05) is 10.2 Å². The Bertz CT molecular complexity index is 1170. The molecule has 0 bridgehead atoms. The molecule has 2 amide bonds. The van der Waals surface area contributed by atoms with Crippen LogP contribution in [0.2, 0.25) is 0 Å². The second-order valence-corrected chi connectivity index (χ2v) is 7.61. The van der Waals surface area contributed by atoms with E-state index in [-0.39, 0.29) is 24.0 Å². The maximum atomic E-state index is 13.1. The van der Waals surface area contributed by atoms with Gasteiger partial charge < -0.3 is 14.6 Å². The van der Waals surface area contributed by atoms with Gasteiger partial charge in [-0.1, -0.05) is 60.2 Å². The SMILES string of the molecule is Cc1ccc(CN(C(=O)c2ccco2)c2ccc(CC(=O)Nc3ccccc3)cc2)cc1. The predicted molar refractivity (Wildman–Crippen MR) is 126 cm³/mol. The molecule has 1 aromatic heterocycles. The van der Waals surface area contributed by atoms with Crippen LogP contribution in [0.5, 0.6) is 0 Å². The highest BCUT2D eigenvalue weighted by Crippen LogP contribution is 2.22. The minimum Gasteiger partial charge on any atom is -0.459 e. The standard InChI is InChI=1S/C27H24N2O3/c1-20-9-11-22(12-10-20)19-29(27(31)25-8-5-17-32-25)24-15-13-21(14-16-24)18-26(30)28-23-6-3-2-4-7-23/h2-17H,18-19H2,1H3,(H,28,30). The summed E-state index contributed by atoms with van der Waals surface area (Å²) in [4.78, 5) is 27.1. The number of nitrogens with one attached hydrogen (secondary N) is 1. The second kappa shape index (κ2) is 9.79. The van der Waals surface area contributed by atoms with Gasteiger partial charge in [0.1, 0.15) is 0 Å². The maximum Gasteiger partial charge on any atom is 0.294 e. The Kier molecular flexibility index (Phi) is 6.46. The van der Waals surface area contributed by atoms with Crippen LogP contribution in [0.3, 0.4) is 0 Å². The van der Waals surface area contributed by atoms with E-state index >= 15 is 0 Å². The fourth-order valence-corrected chi connectivity index (χ4v) is 3.40. The summed E-state index contributed by atoms with van der Waals surface area (Å²) in [6.45, 7) is 2.44. The van der Waals surface area contributed by atoms with E-state index in [9.17, 15) is 9.59 Å². The molecule has 0 fully saturated rings. The van der Waals surface area contributed by atoms with Crippen molar-refractivity contribution in [3.63, 3.8) is 0 Å². The molecule has 0 aliphatic heterocycles. The van der Waals surface area contributed by atoms with Gasteiger partial charge in [0.05, 0.1) is 19.2 Å². The van der Waals surface area contributed by atoms with Gasteiger partial charge in [0, 0.05) is 11.4 Å². The lowest BCUT2D eigenvalue weighted by atomic mass is 10.1. The number of para-hydroxylation sites is 1. The Morgan fingerprint density at radius 1 is 0.812 bits per heavy atom. The number of benzene rings is 3. The van der Waals surface area contributed by atoms with Crippen LogP contribution in [0.25, 0.3) is 0 Å². The Morgan fingerprint density at radius 2 is 1.50 bits per heavy atom. The van der Waals surface area contributed by atoms with Crippen LogP contribution in [-0.4, -0.2) is 11.8 Å². The third-order valence-electron chi connectivity index (χ3n) is 5.11. The molecule has 0 saturated heterocycles. The third-order valence-corrected chi connectivity index (χ3v) is 5.11. The molecule has 0 aliphatic rings. The summed E-state index contributed by atoms with van der Waals surface area (Å²) in [6, 6.07) is 28.3. The summed E-state index contributed by atoms with van der Waals surface area (Å²) in [5.74, 6) is -0.0271. The fourth-order valence-electron chi connectivity index (χ4n) is 3.40. The van der Waals surface area contributed by atoms with Crippen molar-refractivity contribution >= 4 is 23.2 Å². The van der Waals surface area contributed by atoms with Gasteiger partial charge in [-0.25, -0.2) is 0 Å². The number of furan rings is 1. The van der Waals surface area contributed by atoms with E-state index in [1.54, 1.807) is 17.0 Å². The Labute approximate surface area is 187 Å². The number of nitrogens with zero attached hydrogens (tertiary/aromatic N) is 1. The van der Waals surface area contributed by atoms with Gasteiger partial charge in [-0.05, 0) is 54.4 Å². The molecule has 5 heteroatoms. The average Bonchev–Trinajstić information content (AvgIpc) is 3.35. The van der Waals surface area contributed by atoms with Crippen LogP contribution in [0.15, 0.2) is 102 Å². The minimum absolute atomic E-state index is 0.0906. The predicted octanol–water partition coefficient (Wildman–Crippen LogP) is 5.62. The van der Waals surface area contributed by atoms with Crippen molar-refractivity contribution in [1.29, 1.82) is 0 Å². The molecule has 0 unspecified atom stereocenters. The van der Waals surface area contributed by atoms with Gasteiger partial charge in [-0.3, -0.25) is 9.59 Å². The Balaban J connectivity index is 1.51. The number of amides is 2. The van der Waals surface area contributed by atoms with Crippen molar-refractivity contribution < 1.29 is 14.0 Å². The summed E-state index contributed by atoms with van der Waals surface area (Å²) in [5.41, 5.74) is 4.54. The number of aryl methyl sites for hydroxylation is 1. The van der Waals surface area contributed by atoms with Gasteiger partial charge in [-0.15, -0.1) is 0 Å². The fraction of sp³-hybridized carbons (Fsp3) is 0.111. The lowest BCUT2D eigenvalue weighted by molar-refractivity contribution is -0.115. The monoisotopic (exact) mass is 424 g/mol. The first kappa shape index (κ1) is 21.1. The molecule has 1 heterocycles. The molecule has 1 N–H and O–H groups in total. The number of anilines is 2. The zero-order chi connectivity index (χ0) is 22.3. The topological polar surface area (TPSA) is 62.6 Å². The highest BCUT2D eigenvalue weighted by molar-refractivity contribution is 6.04. The summed E-state index contributed by atoms with van der Waals surface area (Å²) in [6.07, 6.45) is 1.74. The van der Waals surface area contributed by atoms with Crippen LogP contribution in [-0.2, 0) is 17.8 Å². The Hall–Kier alpha value is -4.12. The van der Waals surface area contributed by atoms with E-state index in [1.807, 2.05) is 85.8 Å². The van der Waals surface area contributed by atoms with E-state index in [2.05, 4.69) is 5.32 Å². The first-order valence-electron chi connectivity index (χ1n) is 10.4. The van der Waals surface area contributed by atoms with Crippen LogP contribution in [0, 0.1) is 6.92 Å². The highest BCUT2D eigenvalue weighted by atomic mass is 16.3. The van der Waals surface area contributed by atoms with E-state index in [4.69, 9.17) is 4.42 Å². The summed E-state index contributed by atoms with van der Waals surface area (Å²) in [5, 5.41) is 2.89. The van der Waals surface area contributed by atoms with Crippen molar-refractivity contribution in [3.05, 3.63) is 120 Å². The van der Waals surface area contributed by atoms with Gasteiger partial charge in [0.15, 0.2) is 5.76 Å². The maximum absolute atomic E-state index is 13.1. The van der Waals surface area contributed by atoms with Crippen LogP contribution in [0.4, 0.5) is 11.4 Å². The molecule has 0 aliphatic carbocycles. The molecular formula is C27H24N2O3. The lowest BCUT2D eigenvalue weighted by Crippen LogP contribution is -2.30. The summed E-state index contributed by atoms with van der Waals surface area (Å²) < 4.78 is 5.34. The first-order valence-corrected chi connectivity index (χ1v) is 10.4. The van der Waals surface area contributed by atoms with Gasteiger partial charge in [0.25, 0.3) is 5.91 Å². The van der Waals surface area contributed by atoms with E-state index in [1.165, 1.54) is 6.26 Å². The zero-order valence-electron chi connectivity index (χ0n) is 17.8. The van der Waals surface area contributed by atoms with Gasteiger partial charge >= 0.3 is 0 Å². The number of rotatable bonds is 7. The molecule has 4 aromatic rings. The molecule has 4 rings (SSSR count). The van der Waals surface area contributed by atoms with Gasteiger partial charge in [-0.2, -0.15) is 0 Å². The number of carbonyl (C=O) groups excluding carboxylic acids is 2. The van der Waals surface area contributed by atoms with E-state index < -0.39 is 0 Å². The van der Waals surface area contributed by atoms with Crippen molar-refractivity contribution in [3.8, 4) is 0 Å². The number of hydrogen-bond acceptors (Lipinski definition) is 3. The quantitative estimate of drug-likeness (QED) is 0.419. The summed E-state index contributed by atoms with van der Waals surface area (Å²) >= 11 is 0. The third kappa shape index (κ3) is 5.32. The van der Waals surface area contributed by atoms with E-state index in [0.29, 0.717) is 6.54 Å². The second-order valence-electron chi connectivity index (χ2n) is 7.61. The van der Waals surface area contributed by atoms with Crippen molar-refractivity contribution in [2.45, 2.75) is 19.9 Å². The number of carbonyl (C=O) groups is 2. The molecule has 160 valence electrons. The molecule has 0 spiro atoms. The molecule has 0 radical (unpaired) electrons. The molecule has 0 atom stereocenters. The van der Waals surface area contributed by atoms with Crippen LogP contribution < -0.4 is 10.2 Å². The first-order chi connectivity index (χ1) is 15.6. The Morgan fingerprint density at radius 3 is 2.16 bits per heavy atom. The molecular weight excluding hydrogens is 400 g/mol. The largest absolute Gasteiger partial charge is 0.459 e. The average molecular weight is 425 g/mol. The normalized spacial score (nSPS) is 10.5. The molecule has 5 nitrogen and oxygen atoms in total. The van der Waals surface area contributed by atoms with Crippen LogP contribution >= 0.6 is 0 Å². The molecule has 0 saturated carbocycles. The smallest absolute Gasteiger partial charge is 0.294 e. The highest BCUT2D eigenvalue weighted by Gasteiger charge is 2.20. The minimum atomic E-state index is -0.217. The summed E-state index contributed by atoms with van der Waals surface area (Å²) in [7, 11) is 0. The van der Waals surface area contributed by atoms with Crippen molar-refractivity contribution in [1.82, 2.24) is 0 Å². The molecule has 32 heavy (non-hydrogen) atoms. The van der Waals surface area contributed by atoms with E-state index in [0.717, 1.165) is 28.1 Å².